The summed E-state index contributed by atoms with van der Waals surface area (Å²) in [6.45, 7) is 8.73. The molecule has 0 bridgehead atoms. The van der Waals surface area contributed by atoms with Crippen molar-refractivity contribution in [3.63, 3.8) is 0 Å². The molecule has 1 atom stereocenters. The van der Waals surface area contributed by atoms with Crippen molar-refractivity contribution in [2.24, 2.45) is 5.73 Å². The Hall–Kier alpha value is -0.260. The molecule has 1 rings (SSSR count). The highest BCUT2D eigenvalue weighted by atomic mass is 32.2. The van der Waals surface area contributed by atoms with E-state index >= 15 is 0 Å². The second-order valence-electron chi connectivity index (χ2n) is 6.89. The van der Waals surface area contributed by atoms with Crippen molar-refractivity contribution in [3.8, 4) is 0 Å². The average molecular weight is 287 g/mol. The molecule has 112 valence electrons. The van der Waals surface area contributed by atoms with E-state index in [1.54, 1.807) is 11.8 Å². The van der Waals surface area contributed by atoms with Gasteiger partial charge in [-0.15, -0.1) is 0 Å². The third-order valence-electron chi connectivity index (χ3n) is 3.51. The summed E-state index contributed by atoms with van der Waals surface area (Å²) in [6, 6.07) is -0.173. The monoisotopic (exact) mass is 287 g/mol. The van der Waals surface area contributed by atoms with Crippen LogP contribution in [0.15, 0.2) is 0 Å². The van der Waals surface area contributed by atoms with Crippen molar-refractivity contribution in [2.75, 3.05) is 12.0 Å². The fourth-order valence-electron chi connectivity index (χ4n) is 3.11. The number of amides is 1. The molecule has 0 spiro atoms. The van der Waals surface area contributed by atoms with Crippen LogP contribution < -0.4 is 16.4 Å². The van der Waals surface area contributed by atoms with Crippen molar-refractivity contribution >= 4 is 17.7 Å². The lowest BCUT2D eigenvalue weighted by Gasteiger charge is -2.46. The Morgan fingerprint density at radius 2 is 1.89 bits per heavy atom. The van der Waals surface area contributed by atoms with Gasteiger partial charge in [0.25, 0.3) is 0 Å². The first kappa shape index (κ1) is 16.8. The zero-order valence-corrected chi connectivity index (χ0v) is 13.7. The van der Waals surface area contributed by atoms with Crippen LogP contribution in [0.25, 0.3) is 0 Å². The van der Waals surface area contributed by atoms with Gasteiger partial charge in [-0.2, -0.15) is 11.8 Å². The van der Waals surface area contributed by atoms with E-state index in [0.29, 0.717) is 0 Å². The summed E-state index contributed by atoms with van der Waals surface area (Å²) in [4.78, 5) is 12.1. The summed E-state index contributed by atoms with van der Waals surface area (Å²) < 4.78 is 0. The summed E-state index contributed by atoms with van der Waals surface area (Å²) in [5.41, 5.74) is 6.00. The average Bonchev–Trinajstić information content (AvgIpc) is 2.20. The number of rotatable bonds is 5. The van der Waals surface area contributed by atoms with Crippen LogP contribution in [0.1, 0.15) is 47.0 Å². The van der Waals surface area contributed by atoms with Gasteiger partial charge in [0.1, 0.15) is 0 Å². The smallest absolute Gasteiger partial charge is 0.237 e. The van der Waals surface area contributed by atoms with Gasteiger partial charge in [0, 0.05) is 17.1 Å². The van der Waals surface area contributed by atoms with Gasteiger partial charge in [-0.3, -0.25) is 4.79 Å². The minimum atomic E-state index is -0.381. The second kappa shape index (κ2) is 6.46. The van der Waals surface area contributed by atoms with Crippen LogP contribution >= 0.6 is 11.8 Å². The molecule has 5 heteroatoms. The lowest BCUT2D eigenvalue weighted by molar-refractivity contribution is -0.123. The number of nitrogens with two attached hydrogens (primary N) is 1. The summed E-state index contributed by atoms with van der Waals surface area (Å²) in [5.74, 6) is 0.921. The fraction of sp³-hybridized carbons (Fsp3) is 0.929. The highest BCUT2D eigenvalue weighted by Crippen LogP contribution is 2.28. The number of hydrogen-bond acceptors (Lipinski definition) is 4. The Morgan fingerprint density at radius 1 is 1.37 bits per heavy atom. The van der Waals surface area contributed by atoms with Gasteiger partial charge in [0.15, 0.2) is 0 Å². The normalized spacial score (nSPS) is 23.9. The molecule has 0 unspecified atom stereocenters. The molecule has 1 aliphatic rings. The number of piperidine rings is 1. The fourth-order valence-corrected chi connectivity index (χ4v) is 3.60. The lowest BCUT2D eigenvalue weighted by atomic mass is 9.79. The maximum atomic E-state index is 12.1. The molecule has 4 nitrogen and oxygen atoms in total. The SMILES string of the molecule is CSCC[C@@H](N)C(=O)NC1CC(C)(C)NC(C)(C)C1. The predicted octanol–water partition coefficient (Wildman–Crippen LogP) is 1.49. The third kappa shape index (κ3) is 5.71. The van der Waals surface area contributed by atoms with Gasteiger partial charge < -0.3 is 16.4 Å². The van der Waals surface area contributed by atoms with Crippen LogP contribution in [0.2, 0.25) is 0 Å². The summed E-state index contributed by atoms with van der Waals surface area (Å²) in [5, 5.41) is 6.74. The molecule has 1 fully saturated rings. The molecular formula is C14H29N3OS. The number of nitrogens with one attached hydrogen (secondary N) is 2. The molecule has 1 aliphatic heterocycles. The van der Waals surface area contributed by atoms with Crippen LogP contribution in [0.5, 0.6) is 0 Å². The molecule has 0 aromatic rings. The highest BCUT2D eigenvalue weighted by Gasteiger charge is 2.38. The van der Waals surface area contributed by atoms with Crippen LogP contribution in [0.4, 0.5) is 0 Å². The van der Waals surface area contributed by atoms with Gasteiger partial charge in [-0.25, -0.2) is 0 Å². The van der Waals surface area contributed by atoms with Gasteiger partial charge in [-0.05, 0) is 59.0 Å². The van der Waals surface area contributed by atoms with E-state index in [-0.39, 0.29) is 29.1 Å². The first-order valence-corrected chi connectivity index (χ1v) is 8.39. The molecule has 1 heterocycles. The van der Waals surface area contributed by atoms with Crippen LogP contribution in [0.3, 0.4) is 0 Å². The van der Waals surface area contributed by atoms with Crippen LogP contribution in [-0.4, -0.2) is 41.1 Å². The number of carbonyl (C=O) groups excluding carboxylic acids is 1. The van der Waals surface area contributed by atoms with Crippen molar-refractivity contribution < 1.29 is 4.79 Å². The largest absolute Gasteiger partial charge is 0.352 e. The van der Waals surface area contributed by atoms with Crippen molar-refractivity contribution in [2.45, 2.75) is 70.1 Å². The summed E-state index contributed by atoms with van der Waals surface area (Å²) in [6.07, 6.45) is 4.65. The Morgan fingerprint density at radius 3 is 2.37 bits per heavy atom. The summed E-state index contributed by atoms with van der Waals surface area (Å²) in [7, 11) is 0. The van der Waals surface area contributed by atoms with Crippen molar-refractivity contribution in [1.82, 2.24) is 10.6 Å². The lowest BCUT2D eigenvalue weighted by Crippen LogP contribution is -2.63. The Labute approximate surface area is 121 Å². The van der Waals surface area contributed by atoms with E-state index in [9.17, 15) is 4.79 Å². The third-order valence-corrected chi connectivity index (χ3v) is 4.15. The quantitative estimate of drug-likeness (QED) is 0.717. The zero-order chi connectivity index (χ0) is 14.7. The first-order chi connectivity index (χ1) is 8.65. The zero-order valence-electron chi connectivity index (χ0n) is 12.9. The topological polar surface area (TPSA) is 67.2 Å². The second-order valence-corrected chi connectivity index (χ2v) is 7.88. The van der Waals surface area contributed by atoms with Crippen LogP contribution in [-0.2, 0) is 4.79 Å². The van der Waals surface area contributed by atoms with Gasteiger partial charge in [0.2, 0.25) is 5.91 Å². The molecule has 0 saturated carbocycles. The molecule has 4 N–H and O–H groups in total. The Bertz CT molecular complexity index is 302. The predicted molar refractivity (Wildman–Crippen MR) is 83.4 cm³/mol. The summed E-state index contributed by atoms with van der Waals surface area (Å²) >= 11 is 1.72. The molecular weight excluding hydrogens is 258 g/mol. The molecule has 0 aromatic heterocycles. The number of thioether (sulfide) groups is 1. The van der Waals surface area contributed by atoms with E-state index < -0.39 is 0 Å². The maximum absolute atomic E-state index is 12.1. The van der Waals surface area contributed by atoms with E-state index in [1.807, 2.05) is 6.26 Å². The highest BCUT2D eigenvalue weighted by molar-refractivity contribution is 7.98. The van der Waals surface area contributed by atoms with Crippen molar-refractivity contribution in [3.05, 3.63) is 0 Å². The number of hydrogen-bond donors (Lipinski definition) is 3. The van der Waals surface area contributed by atoms with Crippen LogP contribution in [0, 0.1) is 0 Å². The molecule has 1 amide bonds. The first-order valence-electron chi connectivity index (χ1n) is 6.99. The van der Waals surface area contributed by atoms with Crippen molar-refractivity contribution in [1.29, 1.82) is 0 Å². The van der Waals surface area contributed by atoms with E-state index in [4.69, 9.17) is 5.73 Å². The van der Waals surface area contributed by atoms with E-state index in [1.165, 1.54) is 0 Å². The van der Waals surface area contributed by atoms with E-state index in [2.05, 4.69) is 38.3 Å². The minimum absolute atomic E-state index is 0.00690. The Balaban J connectivity index is 2.54. The number of carbonyl (C=O) groups is 1. The molecule has 1 saturated heterocycles. The Kier molecular flexibility index (Phi) is 5.71. The van der Waals surface area contributed by atoms with Gasteiger partial charge >= 0.3 is 0 Å². The van der Waals surface area contributed by atoms with E-state index in [0.717, 1.165) is 25.0 Å². The maximum Gasteiger partial charge on any atom is 0.237 e. The molecule has 0 radical (unpaired) electrons. The molecule has 0 aliphatic carbocycles. The minimum Gasteiger partial charge on any atom is -0.352 e. The molecule has 19 heavy (non-hydrogen) atoms. The molecule has 0 aromatic carbocycles. The standard InChI is InChI=1S/C14H29N3OS/c1-13(2)8-10(9-14(3,4)17-13)16-12(18)11(15)6-7-19-5/h10-11,17H,6-9,15H2,1-5H3,(H,16,18)/t11-/m1/s1. The van der Waals surface area contributed by atoms with Gasteiger partial charge in [-0.1, -0.05) is 0 Å². The van der Waals surface area contributed by atoms with Gasteiger partial charge in [0.05, 0.1) is 6.04 Å².